The predicted octanol–water partition coefficient (Wildman–Crippen LogP) is 2.52. The Morgan fingerprint density at radius 2 is 2.06 bits per heavy atom. The van der Waals surface area contributed by atoms with Gasteiger partial charge in [-0.2, -0.15) is 13.2 Å². The molecule has 0 amide bonds. The van der Waals surface area contributed by atoms with E-state index in [1.54, 1.807) is 0 Å². The average molecular weight is 246 g/mol. The second-order valence-electron chi connectivity index (χ2n) is 2.96. The van der Waals surface area contributed by atoms with E-state index in [1.165, 1.54) is 18.2 Å². The molecule has 2 aromatic rings. The maximum Gasteiger partial charge on any atom is 0.443 e. The SMILES string of the molecule is O=c1cccc(-c2cnc(C(F)(F)F)s2)[nH]1. The van der Waals surface area contributed by atoms with Crippen LogP contribution in [-0.4, -0.2) is 9.97 Å². The highest BCUT2D eigenvalue weighted by molar-refractivity contribution is 7.15. The van der Waals surface area contributed by atoms with Gasteiger partial charge in [-0.3, -0.25) is 4.79 Å². The summed E-state index contributed by atoms with van der Waals surface area (Å²) in [5.41, 5.74) is -0.0278. The number of nitrogens with one attached hydrogen (secondary N) is 1. The Hall–Kier alpha value is -1.63. The van der Waals surface area contributed by atoms with Crippen LogP contribution in [0, 0.1) is 0 Å². The van der Waals surface area contributed by atoms with E-state index >= 15 is 0 Å². The number of H-pyrrole nitrogens is 1. The molecular weight excluding hydrogens is 241 g/mol. The highest BCUT2D eigenvalue weighted by atomic mass is 32.1. The summed E-state index contributed by atoms with van der Waals surface area (Å²) in [4.78, 5) is 17.0. The Balaban J connectivity index is 2.43. The van der Waals surface area contributed by atoms with Gasteiger partial charge in [0.25, 0.3) is 0 Å². The standard InChI is InChI=1S/C9H5F3N2OS/c10-9(11,12)8-13-4-6(16-8)5-2-1-3-7(15)14-5/h1-4H,(H,14,15). The molecule has 0 aliphatic carbocycles. The van der Waals surface area contributed by atoms with Crippen molar-refractivity contribution in [2.45, 2.75) is 6.18 Å². The number of thiazole rings is 1. The Kier molecular flexibility index (Phi) is 2.55. The van der Waals surface area contributed by atoms with Crippen LogP contribution in [0.4, 0.5) is 13.2 Å². The highest BCUT2D eigenvalue weighted by Crippen LogP contribution is 2.35. The lowest BCUT2D eigenvalue weighted by atomic mass is 10.3. The summed E-state index contributed by atoms with van der Waals surface area (Å²) in [6.07, 6.45) is -3.35. The number of aromatic amines is 1. The van der Waals surface area contributed by atoms with Crippen molar-refractivity contribution in [1.82, 2.24) is 9.97 Å². The number of alkyl halides is 3. The van der Waals surface area contributed by atoms with E-state index < -0.39 is 11.2 Å². The molecule has 7 heteroatoms. The lowest BCUT2D eigenvalue weighted by molar-refractivity contribution is -0.137. The third-order valence-electron chi connectivity index (χ3n) is 1.78. The van der Waals surface area contributed by atoms with Crippen LogP contribution in [-0.2, 0) is 6.18 Å². The molecule has 16 heavy (non-hydrogen) atoms. The normalized spacial score (nSPS) is 11.7. The number of hydrogen-bond acceptors (Lipinski definition) is 3. The second kappa shape index (κ2) is 3.75. The minimum atomic E-state index is -4.45. The van der Waals surface area contributed by atoms with Crippen molar-refractivity contribution >= 4 is 11.3 Å². The van der Waals surface area contributed by atoms with E-state index in [0.29, 0.717) is 17.0 Å². The minimum absolute atomic E-state index is 0.282. The summed E-state index contributed by atoms with van der Waals surface area (Å²) >= 11 is 0.495. The molecule has 2 aromatic heterocycles. The van der Waals surface area contributed by atoms with Gasteiger partial charge in [-0.05, 0) is 6.07 Å². The zero-order chi connectivity index (χ0) is 11.8. The van der Waals surface area contributed by atoms with Gasteiger partial charge in [0.2, 0.25) is 5.56 Å². The van der Waals surface area contributed by atoms with Gasteiger partial charge in [-0.15, -0.1) is 11.3 Å². The summed E-state index contributed by atoms with van der Waals surface area (Å²) in [5, 5.41) is -0.924. The topological polar surface area (TPSA) is 45.8 Å². The van der Waals surface area contributed by atoms with Crippen LogP contribution in [0.2, 0.25) is 0 Å². The molecule has 3 nitrogen and oxygen atoms in total. The summed E-state index contributed by atoms with van der Waals surface area (Å²) in [5.74, 6) is 0. The average Bonchev–Trinajstić information content (AvgIpc) is 2.65. The fourth-order valence-electron chi connectivity index (χ4n) is 1.12. The van der Waals surface area contributed by atoms with Gasteiger partial charge >= 0.3 is 6.18 Å². The molecular formula is C9H5F3N2OS. The molecule has 2 heterocycles. The Morgan fingerprint density at radius 3 is 2.62 bits per heavy atom. The fourth-order valence-corrected chi connectivity index (χ4v) is 1.89. The third kappa shape index (κ3) is 2.13. The monoisotopic (exact) mass is 246 g/mol. The van der Waals surface area contributed by atoms with E-state index in [9.17, 15) is 18.0 Å². The van der Waals surface area contributed by atoms with Gasteiger partial charge in [0.05, 0.1) is 10.6 Å². The molecule has 2 rings (SSSR count). The first-order valence-corrected chi connectivity index (χ1v) is 5.01. The first-order chi connectivity index (χ1) is 7.47. The van der Waals surface area contributed by atoms with Crippen molar-refractivity contribution < 1.29 is 13.2 Å². The molecule has 0 saturated carbocycles. The molecule has 0 aliphatic rings. The van der Waals surface area contributed by atoms with Gasteiger partial charge in [-0.1, -0.05) is 6.07 Å². The van der Waals surface area contributed by atoms with Crippen molar-refractivity contribution in [2.24, 2.45) is 0 Å². The summed E-state index contributed by atoms with van der Waals surface area (Å²) in [7, 11) is 0. The molecule has 0 radical (unpaired) electrons. The number of nitrogens with zero attached hydrogens (tertiary/aromatic N) is 1. The molecule has 0 fully saturated rings. The molecule has 0 aliphatic heterocycles. The first kappa shape index (κ1) is 10.9. The molecule has 84 valence electrons. The van der Waals surface area contributed by atoms with Crippen LogP contribution in [0.15, 0.2) is 29.2 Å². The Bertz CT molecular complexity index is 558. The van der Waals surface area contributed by atoms with Crippen LogP contribution in [0.3, 0.4) is 0 Å². The fraction of sp³-hybridized carbons (Fsp3) is 0.111. The van der Waals surface area contributed by atoms with Gasteiger partial charge in [0.1, 0.15) is 0 Å². The number of aromatic nitrogens is 2. The minimum Gasteiger partial charge on any atom is -0.321 e. The van der Waals surface area contributed by atoms with Crippen molar-refractivity contribution in [2.75, 3.05) is 0 Å². The molecule has 0 unspecified atom stereocenters. The highest BCUT2D eigenvalue weighted by Gasteiger charge is 2.34. The summed E-state index contributed by atoms with van der Waals surface area (Å²) < 4.78 is 36.8. The number of pyridine rings is 1. The van der Waals surface area contributed by atoms with Gasteiger partial charge in [0, 0.05) is 12.3 Å². The van der Waals surface area contributed by atoms with Crippen molar-refractivity contribution in [1.29, 1.82) is 0 Å². The van der Waals surface area contributed by atoms with E-state index in [2.05, 4.69) is 9.97 Å². The predicted molar refractivity (Wildman–Crippen MR) is 53.2 cm³/mol. The Labute approximate surface area is 91.6 Å². The van der Waals surface area contributed by atoms with E-state index in [-0.39, 0.29) is 10.4 Å². The van der Waals surface area contributed by atoms with Crippen molar-refractivity contribution in [3.63, 3.8) is 0 Å². The first-order valence-electron chi connectivity index (χ1n) is 4.19. The molecule has 0 aromatic carbocycles. The van der Waals surface area contributed by atoms with Gasteiger partial charge in [-0.25, -0.2) is 4.98 Å². The lowest BCUT2D eigenvalue weighted by Gasteiger charge is -1.99. The molecule has 0 spiro atoms. The van der Waals surface area contributed by atoms with Crippen LogP contribution < -0.4 is 5.56 Å². The second-order valence-corrected chi connectivity index (χ2v) is 3.99. The molecule has 0 bridgehead atoms. The maximum absolute atomic E-state index is 12.3. The van der Waals surface area contributed by atoms with Crippen LogP contribution in [0.5, 0.6) is 0 Å². The van der Waals surface area contributed by atoms with Crippen LogP contribution in [0.1, 0.15) is 5.01 Å². The van der Waals surface area contributed by atoms with Crippen molar-refractivity contribution in [3.8, 4) is 10.6 Å². The maximum atomic E-state index is 12.3. The van der Waals surface area contributed by atoms with Crippen molar-refractivity contribution in [3.05, 3.63) is 39.8 Å². The smallest absolute Gasteiger partial charge is 0.321 e. The van der Waals surface area contributed by atoms with E-state index in [4.69, 9.17) is 0 Å². The van der Waals surface area contributed by atoms with E-state index in [0.717, 1.165) is 6.20 Å². The lowest BCUT2D eigenvalue weighted by Crippen LogP contribution is -2.03. The number of hydrogen-bond donors (Lipinski definition) is 1. The zero-order valence-corrected chi connectivity index (χ0v) is 8.52. The third-order valence-corrected chi connectivity index (χ3v) is 2.86. The quantitative estimate of drug-likeness (QED) is 0.840. The van der Waals surface area contributed by atoms with Crippen LogP contribution >= 0.6 is 11.3 Å². The summed E-state index contributed by atoms with van der Waals surface area (Å²) in [6.45, 7) is 0. The number of halogens is 3. The molecule has 0 saturated heterocycles. The summed E-state index contributed by atoms with van der Waals surface area (Å²) in [6, 6.07) is 4.28. The van der Waals surface area contributed by atoms with Gasteiger partial charge < -0.3 is 4.98 Å². The Morgan fingerprint density at radius 1 is 1.31 bits per heavy atom. The molecule has 0 atom stereocenters. The largest absolute Gasteiger partial charge is 0.443 e. The van der Waals surface area contributed by atoms with Crippen LogP contribution in [0.25, 0.3) is 10.6 Å². The zero-order valence-electron chi connectivity index (χ0n) is 7.71. The van der Waals surface area contributed by atoms with Gasteiger partial charge in [0.15, 0.2) is 5.01 Å². The van der Waals surface area contributed by atoms with E-state index in [1.807, 2.05) is 0 Å². The molecule has 1 N–H and O–H groups in total. The number of rotatable bonds is 1.